The summed E-state index contributed by atoms with van der Waals surface area (Å²) in [6.07, 6.45) is 5.95. The lowest BCUT2D eigenvalue weighted by Gasteiger charge is -2.26. The van der Waals surface area contributed by atoms with E-state index in [1.807, 2.05) is 18.2 Å². The van der Waals surface area contributed by atoms with Crippen LogP contribution in [0.3, 0.4) is 0 Å². The van der Waals surface area contributed by atoms with E-state index in [2.05, 4.69) is 28.2 Å². The molecule has 0 amide bonds. The van der Waals surface area contributed by atoms with Gasteiger partial charge in [-0.2, -0.15) is 5.10 Å². The normalized spacial score (nSPS) is 15.7. The highest BCUT2D eigenvalue weighted by Gasteiger charge is 2.15. The number of nitrogens with zero attached hydrogens (tertiary/aromatic N) is 4. The molecule has 108 valence electrons. The van der Waals surface area contributed by atoms with Crippen LogP contribution in [-0.2, 0) is 6.67 Å². The van der Waals surface area contributed by atoms with Gasteiger partial charge in [0.25, 0.3) is 0 Å². The summed E-state index contributed by atoms with van der Waals surface area (Å²) in [5.41, 5.74) is 2.66. The van der Waals surface area contributed by atoms with Gasteiger partial charge in [-0.25, -0.2) is 0 Å². The number of benzene rings is 1. The fourth-order valence-electron chi connectivity index (χ4n) is 2.48. The molecule has 3 rings (SSSR count). The summed E-state index contributed by atoms with van der Waals surface area (Å²) in [4.78, 5) is 12.4. The summed E-state index contributed by atoms with van der Waals surface area (Å²) >= 11 is 0. The Hall–Kier alpha value is -2.47. The predicted octanol–water partition coefficient (Wildman–Crippen LogP) is 2.54. The van der Waals surface area contributed by atoms with Gasteiger partial charge in [0.15, 0.2) is 0 Å². The maximum atomic E-state index is 10.6. The molecule has 6 nitrogen and oxygen atoms in total. The highest BCUT2D eigenvalue weighted by molar-refractivity contribution is 5.66. The molecular formula is C15H16N4O2. The van der Waals surface area contributed by atoms with Crippen LogP contribution in [0.15, 0.2) is 48.8 Å². The Labute approximate surface area is 122 Å². The second-order valence-electron chi connectivity index (χ2n) is 5.06. The first-order chi connectivity index (χ1) is 10.2. The zero-order valence-corrected chi connectivity index (χ0v) is 11.6. The lowest BCUT2D eigenvalue weighted by molar-refractivity contribution is -0.385. The SMILES string of the molecule is O=[N+]([O-])c1cnn(CN2CC=C(c3ccccc3)CC2)c1. The first-order valence-corrected chi connectivity index (χ1v) is 6.86. The Morgan fingerprint density at radius 2 is 2.10 bits per heavy atom. The monoisotopic (exact) mass is 284 g/mol. The first kappa shape index (κ1) is 13.5. The molecule has 0 spiro atoms. The Morgan fingerprint density at radius 1 is 1.29 bits per heavy atom. The van der Waals surface area contributed by atoms with Crippen LogP contribution in [0.4, 0.5) is 5.69 Å². The highest BCUT2D eigenvalue weighted by Crippen LogP contribution is 2.22. The molecular weight excluding hydrogens is 268 g/mol. The van der Waals surface area contributed by atoms with E-state index in [-0.39, 0.29) is 5.69 Å². The third-order valence-electron chi connectivity index (χ3n) is 3.61. The molecule has 2 aromatic rings. The summed E-state index contributed by atoms with van der Waals surface area (Å²) in [6.45, 7) is 2.33. The summed E-state index contributed by atoms with van der Waals surface area (Å²) in [7, 11) is 0. The van der Waals surface area contributed by atoms with Gasteiger partial charge in [-0.1, -0.05) is 36.4 Å². The van der Waals surface area contributed by atoms with Crippen molar-refractivity contribution in [3.8, 4) is 0 Å². The van der Waals surface area contributed by atoms with Crippen LogP contribution in [0.5, 0.6) is 0 Å². The zero-order valence-electron chi connectivity index (χ0n) is 11.6. The molecule has 0 bridgehead atoms. The van der Waals surface area contributed by atoms with E-state index in [0.29, 0.717) is 6.67 Å². The number of nitro groups is 1. The van der Waals surface area contributed by atoms with Crippen molar-refractivity contribution >= 4 is 11.3 Å². The van der Waals surface area contributed by atoms with Crippen molar-refractivity contribution in [2.75, 3.05) is 13.1 Å². The Bertz CT molecular complexity index is 663. The molecule has 1 aliphatic heterocycles. The lowest BCUT2D eigenvalue weighted by atomic mass is 10.00. The molecule has 1 aromatic heterocycles. The van der Waals surface area contributed by atoms with Gasteiger partial charge in [-0.3, -0.25) is 19.7 Å². The van der Waals surface area contributed by atoms with Crippen molar-refractivity contribution in [2.45, 2.75) is 13.1 Å². The molecule has 0 N–H and O–H groups in total. The smallest absolute Gasteiger partial charge is 0.280 e. The zero-order chi connectivity index (χ0) is 14.7. The van der Waals surface area contributed by atoms with Crippen LogP contribution >= 0.6 is 0 Å². The van der Waals surface area contributed by atoms with Gasteiger partial charge in [0.1, 0.15) is 12.4 Å². The number of rotatable bonds is 4. The standard InChI is InChI=1S/C15H16N4O2/c20-19(21)15-10-16-18(11-15)12-17-8-6-14(7-9-17)13-4-2-1-3-5-13/h1-6,10-11H,7-9,12H2. The third kappa shape index (κ3) is 3.17. The van der Waals surface area contributed by atoms with Gasteiger partial charge in [-0.05, 0) is 17.6 Å². The minimum atomic E-state index is -0.423. The van der Waals surface area contributed by atoms with E-state index in [4.69, 9.17) is 0 Å². The molecule has 6 heteroatoms. The molecule has 0 aliphatic carbocycles. The van der Waals surface area contributed by atoms with E-state index in [1.54, 1.807) is 4.68 Å². The summed E-state index contributed by atoms with van der Waals surface area (Å²) in [5.74, 6) is 0. The van der Waals surface area contributed by atoms with Gasteiger partial charge in [0.2, 0.25) is 0 Å². The topological polar surface area (TPSA) is 64.2 Å². The highest BCUT2D eigenvalue weighted by atomic mass is 16.6. The third-order valence-corrected chi connectivity index (χ3v) is 3.61. The molecule has 21 heavy (non-hydrogen) atoms. The van der Waals surface area contributed by atoms with Crippen molar-refractivity contribution in [3.63, 3.8) is 0 Å². The molecule has 0 unspecified atom stereocenters. The largest absolute Gasteiger partial charge is 0.307 e. The van der Waals surface area contributed by atoms with Gasteiger partial charge in [-0.15, -0.1) is 0 Å². The van der Waals surface area contributed by atoms with E-state index < -0.39 is 4.92 Å². The van der Waals surface area contributed by atoms with E-state index >= 15 is 0 Å². The molecule has 2 heterocycles. The van der Waals surface area contributed by atoms with Crippen LogP contribution in [0.25, 0.3) is 5.57 Å². The maximum absolute atomic E-state index is 10.6. The van der Waals surface area contributed by atoms with Crippen molar-refractivity contribution in [2.24, 2.45) is 0 Å². The minimum absolute atomic E-state index is 0.0347. The van der Waals surface area contributed by atoms with Crippen LogP contribution < -0.4 is 0 Å². The van der Waals surface area contributed by atoms with Crippen molar-refractivity contribution in [1.29, 1.82) is 0 Å². The molecule has 0 saturated heterocycles. The van der Waals surface area contributed by atoms with Crippen LogP contribution in [-0.4, -0.2) is 32.7 Å². The van der Waals surface area contributed by atoms with Gasteiger partial charge in [0, 0.05) is 13.1 Å². The van der Waals surface area contributed by atoms with Crippen molar-refractivity contribution < 1.29 is 4.92 Å². The van der Waals surface area contributed by atoms with Gasteiger partial charge >= 0.3 is 5.69 Å². The molecule has 0 radical (unpaired) electrons. The van der Waals surface area contributed by atoms with Gasteiger partial charge in [0.05, 0.1) is 11.6 Å². The minimum Gasteiger partial charge on any atom is -0.280 e. The van der Waals surface area contributed by atoms with E-state index in [1.165, 1.54) is 23.5 Å². The Balaban J connectivity index is 1.62. The molecule has 1 aliphatic rings. The van der Waals surface area contributed by atoms with Crippen molar-refractivity contribution in [1.82, 2.24) is 14.7 Å². The summed E-state index contributed by atoms with van der Waals surface area (Å²) in [6, 6.07) is 10.4. The quantitative estimate of drug-likeness (QED) is 0.639. The van der Waals surface area contributed by atoms with Crippen LogP contribution in [0.2, 0.25) is 0 Å². The first-order valence-electron chi connectivity index (χ1n) is 6.86. The molecule has 0 saturated carbocycles. The summed E-state index contributed by atoms with van der Waals surface area (Å²) in [5, 5.41) is 14.7. The molecule has 0 fully saturated rings. The average Bonchev–Trinajstić information content (AvgIpc) is 2.98. The van der Waals surface area contributed by atoms with Crippen molar-refractivity contribution in [3.05, 3.63) is 64.5 Å². The number of aromatic nitrogens is 2. The molecule has 1 aromatic carbocycles. The lowest BCUT2D eigenvalue weighted by Crippen LogP contribution is -2.30. The molecule has 0 atom stereocenters. The second-order valence-corrected chi connectivity index (χ2v) is 5.06. The maximum Gasteiger partial charge on any atom is 0.307 e. The van der Waals surface area contributed by atoms with Crippen LogP contribution in [0, 0.1) is 10.1 Å². The predicted molar refractivity (Wildman–Crippen MR) is 79.5 cm³/mol. The number of hydrogen-bond acceptors (Lipinski definition) is 4. The van der Waals surface area contributed by atoms with Crippen LogP contribution in [0.1, 0.15) is 12.0 Å². The Kier molecular flexibility index (Phi) is 3.79. The van der Waals surface area contributed by atoms with E-state index in [9.17, 15) is 10.1 Å². The van der Waals surface area contributed by atoms with Gasteiger partial charge < -0.3 is 0 Å². The Morgan fingerprint density at radius 3 is 2.71 bits per heavy atom. The second kappa shape index (κ2) is 5.88. The number of hydrogen-bond donors (Lipinski definition) is 0. The summed E-state index contributed by atoms with van der Waals surface area (Å²) < 4.78 is 1.61. The fraction of sp³-hybridized carbons (Fsp3) is 0.267. The fourth-order valence-corrected chi connectivity index (χ4v) is 2.48. The van der Waals surface area contributed by atoms with E-state index in [0.717, 1.165) is 19.5 Å². The average molecular weight is 284 g/mol.